The first kappa shape index (κ1) is 11.8. The fraction of sp³-hybridized carbons (Fsp3) is 0.778. The quantitative estimate of drug-likeness (QED) is 0.653. The highest BCUT2D eigenvalue weighted by atomic mass is 16.4. The van der Waals surface area contributed by atoms with Gasteiger partial charge in [-0.15, -0.1) is 0 Å². The van der Waals surface area contributed by atoms with Gasteiger partial charge in [0.25, 0.3) is 0 Å². The molecule has 0 aliphatic carbocycles. The third kappa shape index (κ3) is 2.20. The van der Waals surface area contributed by atoms with Crippen LogP contribution in [0.2, 0.25) is 0 Å². The third-order valence-electron chi connectivity index (χ3n) is 2.80. The molecule has 0 saturated carbocycles. The Morgan fingerprint density at radius 1 is 1.60 bits per heavy atom. The van der Waals surface area contributed by atoms with Gasteiger partial charge < -0.3 is 20.6 Å². The van der Waals surface area contributed by atoms with Crippen LogP contribution in [0.15, 0.2) is 0 Å². The van der Waals surface area contributed by atoms with E-state index in [2.05, 4.69) is 0 Å². The topological polar surface area (TPSA) is 86.9 Å². The number of aliphatic carboxylic acids is 1. The highest BCUT2D eigenvalue weighted by molar-refractivity contribution is 5.82. The lowest BCUT2D eigenvalue weighted by atomic mass is 10.0. The molecule has 0 aromatic rings. The van der Waals surface area contributed by atoms with Crippen molar-refractivity contribution in [1.82, 2.24) is 9.80 Å². The van der Waals surface area contributed by atoms with Crippen LogP contribution in [-0.4, -0.2) is 59.1 Å². The molecule has 0 bridgehead atoms. The summed E-state index contributed by atoms with van der Waals surface area (Å²) in [5.41, 5.74) is 4.39. The Morgan fingerprint density at radius 3 is 2.60 bits per heavy atom. The van der Waals surface area contributed by atoms with Crippen molar-refractivity contribution in [2.75, 3.05) is 26.7 Å². The smallest absolute Gasteiger partial charge is 0.325 e. The Morgan fingerprint density at radius 2 is 2.20 bits per heavy atom. The number of amides is 2. The predicted molar refractivity (Wildman–Crippen MR) is 54.4 cm³/mol. The summed E-state index contributed by atoms with van der Waals surface area (Å²) < 4.78 is 0. The SMILES string of the molecule is CCN(C)C(=O)N1CCC(N)(C(=O)O)C1. The van der Waals surface area contributed by atoms with Gasteiger partial charge >= 0.3 is 12.0 Å². The number of carbonyl (C=O) groups excluding carboxylic acids is 1. The molecule has 1 aliphatic rings. The standard InChI is InChI=1S/C9H17N3O3/c1-3-11(2)8(15)12-5-4-9(10,6-12)7(13)14/h3-6,10H2,1-2H3,(H,13,14). The molecule has 3 N–H and O–H groups in total. The molecule has 0 radical (unpaired) electrons. The Kier molecular flexibility index (Phi) is 3.18. The Balaban J connectivity index is 2.64. The monoisotopic (exact) mass is 215 g/mol. The summed E-state index contributed by atoms with van der Waals surface area (Å²) >= 11 is 0. The number of carbonyl (C=O) groups is 2. The van der Waals surface area contributed by atoms with Crippen molar-refractivity contribution in [3.63, 3.8) is 0 Å². The van der Waals surface area contributed by atoms with E-state index >= 15 is 0 Å². The number of carboxylic acid groups (broad SMARTS) is 1. The van der Waals surface area contributed by atoms with Gasteiger partial charge in [-0.1, -0.05) is 0 Å². The van der Waals surface area contributed by atoms with Crippen molar-refractivity contribution >= 4 is 12.0 Å². The first-order valence-corrected chi connectivity index (χ1v) is 4.93. The van der Waals surface area contributed by atoms with Crippen molar-refractivity contribution in [2.45, 2.75) is 18.9 Å². The Hall–Kier alpha value is -1.30. The molecule has 0 spiro atoms. The lowest BCUT2D eigenvalue weighted by Crippen LogP contribution is -2.51. The van der Waals surface area contributed by atoms with Crippen LogP contribution in [0, 0.1) is 0 Å². The average Bonchev–Trinajstić information content (AvgIpc) is 2.60. The maximum Gasteiger partial charge on any atom is 0.325 e. The number of hydrogen-bond acceptors (Lipinski definition) is 3. The van der Waals surface area contributed by atoms with Crippen LogP contribution >= 0.6 is 0 Å². The highest BCUT2D eigenvalue weighted by Crippen LogP contribution is 2.19. The van der Waals surface area contributed by atoms with Gasteiger partial charge in [-0.25, -0.2) is 4.79 Å². The molecule has 0 aromatic heterocycles. The maximum absolute atomic E-state index is 11.7. The molecule has 1 aliphatic heterocycles. The number of hydrogen-bond donors (Lipinski definition) is 2. The van der Waals surface area contributed by atoms with E-state index < -0.39 is 11.5 Å². The van der Waals surface area contributed by atoms with Gasteiger partial charge in [0.1, 0.15) is 5.54 Å². The van der Waals surface area contributed by atoms with Gasteiger partial charge in [0, 0.05) is 20.1 Å². The van der Waals surface area contributed by atoms with Crippen LogP contribution in [-0.2, 0) is 4.79 Å². The van der Waals surface area contributed by atoms with Crippen molar-refractivity contribution in [1.29, 1.82) is 0 Å². The van der Waals surface area contributed by atoms with Gasteiger partial charge in [-0.3, -0.25) is 4.79 Å². The largest absolute Gasteiger partial charge is 0.480 e. The summed E-state index contributed by atoms with van der Waals surface area (Å²) in [6.45, 7) is 2.96. The summed E-state index contributed by atoms with van der Waals surface area (Å²) in [6, 6.07) is -0.161. The zero-order valence-electron chi connectivity index (χ0n) is 9.06. The van der Waals surface area contributed by atoms with Gasteiger partial charge in [-0.2, -0.15) is 0 Å². The van der Waals surface area contributed by atoms with Gasteiger partial charge in [0.2, 0.25) is 0 Å². The molecule has 1 atom stereocenters. The molecule has 86 valence electrons. The summed E-state index contributed by atoms with van der Waals surface area (Å²) in [7, 11) is 1.68. The van der Waals surface area contributed by atoms with Crippen LogP contribution in [0.1, 0.15) is 13.3 Å². The molecule has 1 unspecified atom stereocenters. The summed E-state index contributed by atoms with van der Waals surface area (Å²) in [5.74, 6) is -1.04. The summed E-state index contributed by atoms with van der Waals surface area (Å²) in [5, 5.41) is 8.89. The molecular weight excluding hydrogens is 198 g/mol. The Bertz CT molecular complexity index is 282. The zero-order chi connectivity index (χ0) is 11.6. The number of nitrogens with two attached hydrogens (primary N) is 1. The Labute approximate surface area is 88.6 Å². The van der Waals surface area contributed by atoms with Crippen LogP contribution in [0.3, 0.4) is 0 Å². The van der Waals surface area contributed by atoms with Crippen LogP contribution < -0.4 is 5.73 Å². The predicted octanol–water partition coefficient (Wildman–Crippen LogP) is -0.454. The molecule has 1 saturated heterocycles. The lowest BCUT2D eigenvalue weighted by molar-refractivity contribution is -0.142. The van der Waals surface area contributed by atoms with E-state index in [0.29, 0.717) is 19.5 Å². The van der Waals surface area contributed by atoms with E-state index in [1.54, 1.807) is 7.05 Å². The minimum absolute atomic E-state index is 0.0888. The van der Waals surface area contributed by atoms with Crippen molar-refractivity contribution in [3.05, 3.63) is 0 Å². The first-order chi connectivity index (χ1) is 6.90. The van der Waals surface area contributed by atoms with Crippen LogP contribution in [0.5, 0.6) is 0 Å². The fourth-order valence-electron chi connectivity index (χ4n) is 1.55. The number of rotatable bonds is 2. The van der Waals surface area contributed by atoms with Gasteiger partial charge in [-0.05, 0) is 13.3 Å². The van der Waals surface area contributed by atoms with E-state index in [9.17, 15) is 9.59 Å². The second-order valence-corrected chi connectivity index (χ2v) is 3.93. The van der Waals surface area contributed by atoms with E-state index in [1.165, 1.54) is 9.80 Å². The van der Waals surface area contributed by atoms with Gasteiger partial charge in [0.15, 0.2) is 0 Å². The molecule has 1 fully saturated rings. The van der Waals surface area contributed by atoms with Crippen LogP contribution in [0.4, 0.5) is 4.79 Å². The van der Waals surface area contributed by atoms with E-state index in [0.717, 1.165) is 0 Å². The third-order valence-corrected chi connectivity index (χ3v) is 2.80. The van der Waals surface area contributed by atoms with Crippen LogP contribution in [0.25, 0.3) is 0 Å². The molecule has 6 nitrogen and oxygen atoms in total. The van der Waals surface area contributed by atoms with Crippen molar-refractivity contribution < 1.29 is 14.7 Å². The zero-order valence-corrected chi connectivity index (χ0v) is 9.06. The molecule has 0 aromatic carbocycles. The molecule has 1 heterocycles. The molecule has 1 rings (SSSR count). The summed E-state index contributed by atoms with van der Waals surface area (Å²) in [6.07, 6.45) is 0.311. The normalized spacial score (nSPS) is 25.4. The number of carboxylic acids is 1. The minimum Gasteiger partial charge on any atom is -0.480 e. The second-order valence-electron chi connectivity index (χ2n) is 3.93. The highest BCUT2D eigenvalue weighted by Gasteiger charge is 2.43. The lowest BCUT2D eigenvalue weighted by Gasteiger charge is -2.24. The first-order valence-electron chi connectivity index (χ1n) is 4.93. The minimum atomic E-state index is -1.27. The van der Waals surface area contributed by atoms with Crippen molar-refractivity contribution in [2.24, 2.45) is 5.73 Å². The molecule has 6 heteroatoms. The number of nitrogens with zero attached hydrogens (tertiary/aromatic N) is 2. The molecular formula is C9H17N3O3. The summed E-state index contributed by atoms with van der Waals surface area (Å²) in [4.78, 5) is 25.6. The van der Waals surface area contributed by atoms with Gasteiger partial charge in [0.05, 0.1) is 6.54 Å². The molecule has 15 heavy (non-hydrogen) atoms. The van der Waals surface area contributed by atoms with Crippen molar-refractivity contribution in [3.8, 4) is 0 Å². The maximum atomic E-state index is 11.7. The number of urea groups is 1. The van der Waals surface area contributed by atoms with E-state index in [4.69, 9.17) is 10.8 Å². The number of likely N-dealkylation sites (tertiary alicyclic amines) is 1. The fourth-order valence-corrected chi connectivity index (χ4v) is 1.55. The van der Waals surface area contributed by atoms with E-state index in [1.807, 2.05) is 6.92 Å². The average molecular weight is 215 g/mol. The second kappa shape index (κ2) is 4.06. The molecule has 2 amide bonds. The van der Waals surface area contributed by atoms with E-state index in [-0.39, 0.29) is 12.6 Å².